The smallest absolute Gasteiger partial charge is 0.103 e. The maximum absolute atomic E-state index is 5.44. The Bertz CT molecular complexity index is 194. The molecule has 1 rings (SSSR count). The van der Waals surface area contributed by atoms with E-state index in [1.165, 1.54) is 0 Å². The number of aromatic amines is 1. The molecule has 1 atom stereocenters. The molecule has 1 aromatic rings. The summed E-state index contributed by atoms with van der Waals surface area (Å²) in [6.45, 7) is 3.95. The highest BCUT2D eigenvalue weighted by molar-refractivity contribution is 5.33. The Morgan fingerprint density at radius 3 is 3.08 bits per heavy atom. The van der Waals surface area contributed by atoms with E-state index in [9.17, 15) is 0 Å². The van der Waals surface area contributed by atoms with E-state index in [1.807, 2.05) is 18.3 Å². The van der Waals surface area contributed by atoms with Crippen LogP contribution >= 0.6 is 0 Å². The molecule has 0 fully saturated rings. The van der Waals surface area contributed by atoms with E-state index in [2.05, 4.69) is 17.2 Å². The highest BCUT2D eigenvalue weighted by Gasteiger charge is 1.99. The zero-order chi connectivity index (χ0) is 8.81. The second-order valence-corrected chi connectivity index (χ2v) is 3.15. The summed E-state index contributed by atoms with van der Waals surface area (Å²) in [6, 6.07) is 4.01. The highest BCUT2D eigenvalue weighted by Crippen LogP contribution is 2.04. The summed E-state index contributed by atoms with van der Waals surface area (Å²) in [4.78, 5) is 3.09. The second-order valence-electron chi connectivity index (χ2n) is 3.15. The van der Waals surface area contributed by atoms with E-state index >= 15 is 0 Å². The zero-order valence-electron chi connectivity index (χ0n) is 7.51. The standard InChI is InChI=1S/C9H17N3/c1-8(4-5-10)7-12-9-3-2-6-11-9/h2-3,6,8,11-12H,4-5,7,10H2,1H3. The summed E-state index contributed by atoms with van der Waals surface area (Å²) < 4.78 is 0. The summed E-state index contributed by atoms with van der Waals surface area (Å²) in [7, 11) is 0. The van der Waals surface area contributed by atoms with E-state index in [0.29, 0.717) is 5.92 Å². The number of nitrogens with one attached hydrogen (secondary N) is 2. The number of H-pyrrole nitrogens is 1. The summed E-state index contributed by atoms with van der Waals surface area (Å²) in [5.74, 6) is 1.72. The molecule has 1 aromatic heterocycles. The summed E-state index contributed by atoms with van der Waals surface area (Å²) in [5, 5.41) is 3.30. The van der Waals surface area contributed by atoms with Gasteiger partial charge in [-0.2, -0.15) is 0 Å². The first-order chi connectivity index (χ1) is 5.83. The molecule has 4 N–H and O–H groups in total. The van der Waals surface area contributed by atoms with Gasteiger partial charge in [-0.05, 0) is 31.0 Å². The Morgan fingerprint density at radius 2 is 2.50 bits per heavy atom. The van der Waals surface area contributed by atoms with Crippen LogP contribution in [-0.4, -0.2) is 18.1 Å². The van der Waals surface area contributed by atoms with Crippen LogP contribution < -0.4 is 11.1 Å². The third kappa shape index (κ3) is 2.96. The third-order valence-corrected chi connectivity index (χ3v) is 1.90. The number of nitrogens with two attached hydrogens (primary N) is 1. The average Bonchev–Trinajstić information content (AvgIpc) is 2.53. The lowest BCUT2D eigenvalue weighted by Gasteiger charge is -2.10. The van der Waals surface area contributed by atoms with E-state index in [4.69, 9.17) is 5.73 Å². The molecule has 0 spiro atoms. The quantitative estimate of drug-likeness (QED) is 0.621. The van der Waals surface area contributed by atoms with Gasteiger partial charge in [0.2, 0.25) is 0 Å². The van der Waals surface area contributed by atoms with Crippen LogP contribution in [0.15, 0.2) is 18.3 Å². The number of hydrogen-bond acceptors (Lipinski definition) is 2. The lowest BCUT2D eigenvalue weighted by atomic mass is 10.1. The average molecular weight is 167 g/mol. The van der Waals surface area contributed by atoms with Gasteiger partial charge in [-0.1, -0.05) is 6.92 Å². The van der Waals surface area contributed by atoms with E-state index in [1.54, 1.807) is 0 Å². The number of anilines is 1. The van der Waals surface area contributed by atoms with Gasteiger partial charge >= 0.3 is 0 Å². The number of aromatic nitrogens is 1. The summed E-state index contributed by atoms with van der Waals surface area (Å²) >= 11 is 0. The number of rotatable bonds is 5. The predicted octanol–water partition coefficient (Wildman–Crippen LogP) is 1.41. The molecule has 3 nitrogen and oxygen atoms in total. The van der Waals surface area contributed by atoms with Crippen LogP contribution in [0.5, 0.6) is 0 Å². The van der Waals surface area contributed by atoms with Crippen LogP contribution in [-0.2, 0) is 0 Å². The van der Waals surface area contributed by atoms with Crippen LogP contribution in [0.25, 0.3) is 0 Å². The molecule has 68 valence electrons. The molecule has 3 heteroatoms. The Kier molecular flexibility index (Phi) is 3.67. The fraction of sp³-hybridized carbons (Fsp3) is 0.556. The van der Waals surface area contributed by atoms with Crippen molar-refractivity contribution in [3.63, 3.8) is 0 Å². The van der Waals surface area contributed by atoms with Crippen LogP contribution in [0.1, 0.15) is 13.3 Å². The van der Waals surface area contributed by atoms with Gasteiger partial charge in [0.25, 0.3) is 0 Å². The van der Waals surface area contributed by atoms with Gasteiger partial charge in [-0.3, -0.25) is 0 Å². The lowest BCUT2D eigenvalue weighted by molar-refractivity contribution is 0.568. The topological polar surface area (TPSA) is 53.8 Å². The first kappa shape index (κ1) is 9.13. The molecule has 12 heavy (non-hydrogen) atoms. The van der Waals surface area contributed by atoms with Gasteiger partial charge in [-0.15, -0.1) is 0 Å². The molecule has 0 saturated heterocycles. The molecule has 0 saturated carbocycles. The van der Waals surface area contributed by atoms with E-state index < -0.39 is 0 Å². The van der Waals surface area contributed by atoms with Crippen LogP contribution in [0.3, 0.4) is 0 Å². The Hall–Kier alpha value is -0.960. The third-order valence-electron chi connectivity index (χ3n) is 1.90. The van der Waals surface area contributed by atoms with Gasteiger partial charge in [0.15, 0.2) is 0 Å². The lowest BCUT2D eigenvalue weighted by Crippen LogP contribution is -2.15. The molecule has 0 bridgehead atoms. The molecule has 0 aliphatic rings. The normalized spacial score (nSPS) is 12.8. The van der Waals surface area contributed by atoms with Crippen LogP contribution in [0, 0.1) is 5.92 Å². The zero-order valence-corrected chi connectivity index (χ0v) is 7.51. The Labute approximate surface area is 73.4 Å². The van der Waals surface area contributed by atoms with Crippen molar-refractivity contribution in [2.75, 3.05) is 18.4 Å². The van der Waals surface area contributed by atoms with Crippen LogP contribution in [0.2, 0.25) is 0 Å². The highest BCUT2D eigenvalue weighted by atomic mass is 15.0. The number of hydrogen-bond donors (Lipinski definition) is 3. The van der Waals surface area contributed by atoms with E-state index in [0.717, 1.165) is 25.3 Å². The van der Waals surface area contributed by atoms with Gasteiger partial charge in [0.05, 0.1) is 0 Å². The van der Waals surface area contributed by atoms with E-state index in [-0.39, 0.29) is 0 Å². The molecule has 0 aliphatic heterocycles. The Morgan fingerprint density at radius 1 is 1.67 bits per heavy atom. The molecule has 0 amide bonds. The fourth-order valence-corrected chi connectivity index (χ4v) is 1.11. The molecule has 0 aliphatic carbocycles. The monoisotopic (exact) mass is 167 g/mol. The fourth-order valence-electron chi connectivity index (χ4n) is 1.11. The maximum Gasteiger partial charge on any atom is 0.103 e. The molecule has 1 heterocycles. The van der Waals surface area contributed by atoms with Gasteiger partial charge < -0.3 is 16.0 Å². The van der Waals surface area contributed by atoms with Crippen molar-refractivity contribution in [1.29, 1.82) is 0 Å². The summed E-state index contributed by atoms with van der Waals surface area (Å²) in [6.07, 6.45) is 2.99. The maximum atomic E-state index is 5.44. The molecular formula is C9H17N3. The van der Waals surface area contributed by atoms with Crippen LogP contribution in [0.4, 0.5) is 5.82 Å². The second kappa shape index (κ2) is 4.83. The van der Waals surface area contributed by atoms with Crippen molar-refractivity contribution in [2.24, 2.45) is 11.7 Å². The first-order valence-corrected chi connectivity index (χ1v) is 4.40. The van der Waals surface area contributed by atoms with Crippen molar-refractivity contribution in [3.8, 4) is 0 Å². The van der Waals surface area contributed by atoms with Gasteiger partial charge in [0, 0.05) is 12.7 Å². The molecule has 0 radical (unpaired) electrons. The van der Waals surface area contributed by atoms with Crippen molar-refractivity contribution >= 4 is 5.82 Å². The minimum Gasteiger partial charge on any atom is -0.371 e. The van der Waals surface area contributed by atoms with Gasteiger partial charge in [0.1, 0.15) is 5.82 Å². The molecule has 1 unspecified atom stereocenters. The van der Waals surface area contributed by atoms with Crippen molar-refractivity contribution < 1.29 is 0 Å². The largest absolute Gasteiger partial charge is 0.371 e. The molecular weight excluding hydrogens is 150 g/mol. The Balaban J connectivity index is 2.17. The minimum atomic E-state index is 0.637. The van der Waals surface area contributed by atoms with Crippen molar-refractivity contribution in [3.05, 3.63) is 18.3 Å². The van der Waals surface area contributed by atoms with Crippen molar-refractivity contribution in [2.45, 2.75) is 13.3 Å². The SMILES string of the molecule is CC(CCN)CNc1ccc[nH]1. The minimum absolute atomic E-state index is 0.637. The first-order valence-electron chi connectivity index (χ1n) is 4.40. The molecule has 0 aromatic carbocycles. The van der Waals surface area contributed by atoms with Crippen molar-refractivity contribution in [1.82, 2.24) is 4.98 Å². The van der Waals surface area contributed by atoms with Gasteiger partial charge in [-0.25, -0.2) is 0 Å². The predicted molar refractivity (Wildman–Crippen MR) is 52.1 cm³/mol. The summed E-state index contributed by atoms with van der Waals surface area (Å²) in [5.41, 5.74) is 5.44.